The maximum absolute atomic E-state index is 14.2. The van der Waals surface area contributed by atoms with Crippen LogP contribution in [0.1, 0.15) is 45.1 Å². The zero-order valence-electron chi connectivity index (χ0n) is 25.3. The van der Waals surface area contributed by atoms with Crippen LogP contribution in [0.3, 0.4) is 0 Å². The fourth-order valence-corrected chi connectivity index (χ4v) is 4.91. The maximum Gasteiger partial charge on any atom is 0.324 e. The van der Waals surface area contributed by atoms with Crippen LogP contribution in [0.15, 0.2) is 103 Å². The summed E-state index contributed by atoms with van der Waals surface area (Å²) >= 11 is 0. The highest BCUT2D eigenvalue weighted by molar-refractivity contribution is 6.01. The molecule has 4 amide bonds. The minimum atomic E-state index is -0.992. The van der Waals surface area contributed by atoms with Crippen molar-refractivity contribution in [1.29, 1.82) is 0 Å². The zero-order chi connectivity index (χ0) is 31.3. The number of rotatable bonds is 13. The van der Waals surface area contributed by atoms with Crippen LogP contribution >= 0.6 is 0 Å². The number of hydrogen-bond donors (Lipinski definition) is 3. The van der Waals surface area contributed by atoms with Gasteiger partial charge in [0.25, 0.3) is 11.8 Å². The first-order valence-corrected chi connectivity index (χ1v) is 14.9. The first-order chi connectivity index (χ1) is 21.4. The molecule has 4 aromatic rings. The van der Waals surface area contributed by atoms with Crippen LogP contribution in [0.4, 0.5) is 4.79 Å². The molecule has 8 heteroatoms. The number of nitrogens with zero attached hydrogens (tertiary/aromatic N) is 1. The van der Waals surface area contributed by atoms with E-state index in [0.29, 0.717) is 30.9 Å². The minimum absolute atomic E-state index is 0.140. The van der Waals surface area contributed by atoms with Gasteiger partial charge in [0, 0.05) is 31.6 Å². The van der Waals surface area contributed by atoms with Crippen molar-refractivity contribution in [3.63, 3.8) is 0 Å². The van der Waals surface area contributed by atoms with E-state index in [4.69, 9.17) is 10.5 Å². The van der Waals surface area contributed by atoms with Crippen molar-refractivity contribution >= 4 is 17.8 Å². The summed E-state index contributed by atoms with van der Waals surface area (Å²) in [4.78, 5) is 42.3. The largest absolute Gasteiger partial charge is 0.494 e. The molecule has 0 heterocycles. The number of hydrogen-bond acceptors (Lipinski definition) is 5. The minimum Gasteiger partial charge on any atom is -0.494 e. The van der Waals surface area contributed by atoms with Crippen molar-refractivity contribution in [2.45, 2.75) is 45.8 Å². The van der Waals surface area contributed by atoms with Crippen LogP contribution in [0.5, 0.6) is 5.75 Å². The Hall–Kier alpha value is -4.95. The average Bonchev–Trinajstić information content (AvgIpc) is 3.05. The summed E-state index contributed by atoms with van der Waals surface area (Å²) in [5.41, 5.74) is 11.0. The van der Waals surface area contributed by atoms with E-state index in [0.717, 1.165) is 27.8 Å². The summed E-state index contributed by atoms with van der Waals surface area (Å²) in [6.07, 6.45) is 0.658. The molecule has 4 aromatic carbocycles. The van der Waals surface area contributed by atoms with E-state index in [1.807, 2.05) is 92.7 Å². The van der Waals surface area contributed by atoms with E-state index in [1.54, 1.807) is 24.3 Å². The van der Waals surface area contributed by atoms with E-state index in [9.17, 15) is 14.4 Å². The van der Waals surface area contributed by atoms with Gasteiger partial charge in [-0.3, -0.25) is 14.5 Å². The third-order valence-corrected chi connectivity index (χ3v) is 7.36. The molecule has 0 fully saturated rings. The molecule has 0 saturated heterocycles. The van der Waals surface area contributed by atoms with Gasteiger partial charge in [-0.05, 0) is 72.4 Å². The summed E-state index contributed by atoms with van der Waals surface area (Å²) in [5.74, 6) is -0.175. The van der Waals surface area contributed by atoms with Crippen LogP contribution < -0.4 is 21.1 Å². The number of ether oxygens (including phenoxy) is 1. The molecule has 44 heavy (non-hydrogen) atoms. The smallest absolute Gasteiger partial charge is 0.324 e. The number of imide groups is 1. The summed E-state index contributed by atoms with van der Waals surface area (Å²) < 4.78 is 5.56. The van der Waals surface area contributed by atoms with E-state index < -0.39 is 23.9 Å². The second kappa shape index (κ2) is 16.0. The van der Waals surface area contributed by atoms with Crippen molar-refractivity contribution in [2.24, 2.45) is 5.73 Å². The lowest BCUT2D eigenvalue weighted by molar-refractivity contribution is -0.130. The van der Waals surface area contributed by atoms with Crippen molar-refractivity contribution in [3.8, 4) is 5.75 Å². The van der Waals surface area contributed by atoms with Gasteiger partial charge in [-0.1, -0.05) is 78.9 Å². The van der Waals surface area contributed by atoms with Gasteiger partial charge >= 0.3 is 6.03 Å². The third kappa shape index (κ3) is 9.02. The summed E-state index contributed by atoms with van der Waals surface area (Å²) in [5, 5.41) is 5.81. The summed E-state index contributed by atoms with van der Waals surface area (Å²) in [6.45, 7) is 5.23. The lowest BCUT2D eigenvalue weighted by Gasteiger charge is -2.27. The molecule has 228 valence electrons. The Labute approximate surface area is 259 Å². The predicted octanol–water partition coefficient (Wildman–Crippen LogP) is 5.17. The lowest BCUT2D eigenvalue weighted by atomic mass is 10.0. The number of carbonyl (C=O) groups is 3. The molecule has 0 radical (unpaired) electrons. The average molecular weight is 593 g/mol. The zero-order valence-corrected chi connectivity index (χ0v) is 25.3. The van der Waals surface area contributed by atoms with Crippen molar-refractivity contribution in [3.05, 3.63) is 137 Å². The molecule has 0 spiro atoms. The molecule has 0 unspecified atom stereocenters. The molecule has 0 aromatic heterocycles. The number of benzene rings is 4. The van der Waals surface area contributed by atoms with Gasteiger partial charge in [-0.2, -0.15) is 0 Å². The van der Waals surface area contributed by atoms with Crippen molar-refractivity contribution in [2.75, 3.05) is 13.2 Å². The summed E-state index contributed by atoms with van der Waals surface area (Å²) in [7, 11) is 0. The highest BCUT2D eigenvalue weighted by Gasteiger charge is 2.30. The fraction of sp³-hybridized carbons (Fsp3) is 0.250. The van der Waals surface area contributed by atoms with Gasteiger partial charge < -0.3 is 21.1 Å². The standard InChI is InChI=1S/C36H40N4O4/c1-3-44-32-18-15-28(16-19-32)23-33(39-34(41)30-12-8-5-9-13-30)35(42)40(21-20-27-10-6-4-7-11-27)36(43)38-25-29-14-17-31(24-37)26(2)22-29/h4-19,22,33H,3,20-21,23-25,37H2,1-2H3,(H,38,43)(H,39,41)/t33-/m1/s1. The monoisotopic (exact) mass is 592 g/mol. The van der Waals surface area contributed by atoms with Gasteiger partial charge in [0.2, 0.25) is 0 Å². The molecular formula is C36H40N4O4. The number of nitrogens with two attached hydrogens (primary N) is 1. The molecule has 4 N–H and O–H groups in total. The van der Waals surface area contributed by atoms with Gasteiger partial charge in [0.15, 0.2) is 0 Å². The van der Waals surface area contributed by atoms with Crippen LogP contribution in [-0.2, 0) is 30.7 Å². The first-order valence-electron chi connectivity index (χ1n) is 14.9. The molecule has 1 atom stereocenters. The van der Waals surface area contributed by atoms with Crippen LogP contribution in [0, 0.1) is 6.92 Å². The van der Waals surface area contributed by atoms with E-state index in [1.165, 1.54) is 4.90 Å². The molecular weight excluding hydrogens is 552 g/mol. The van der Waals surface area contributed by atoms with Gasteiger partial charge in [0.1, 0.15) is 11.8 Å². The predicted molar refractivity (Wildman–Crippen MR) is 172 cm³/mol. The van der Waals surface area contributed by atoms with E-state index in [2.05, 4.69) is 10.6 Å². The first kappa shape index (κ1) is 32.0. The third-order valence-electron chi connectivity index (χ3n) is 7.36. The van der Waals surface area contributed by atoms with Crippen LogP contribution in [0.25, 0.3) is 0 Å². The Morgan fingerprint density at radius 3 is 2.14 bits per heavy atom. The second-order valence-corrected chi connectivity index (χ2v) is 10.5. The van der Waals surface area contributed by atoms with Gasteiger partial charge in [0.05, 0.1) is 6.61 Å². The quantitative estimate of drug-likeness (QED) is 0.198. The molecule has 4 rings (SSSR count). The van der Waals surface area contributed by atoms with E-state index >= 15 is 0 Å². The summed E-state index contributed by atoms with van der Waals surface area (Å²) in [6, 6.07) is 30.1. The van der Waals surface area contributed by atoms with Gasteiger partial charge in [-0.15, -0.1) is 0 Å². The number of nitrogens with one attached hydrogen (secondary N) is 2. The Balaban J connectivity index is 1.59. The number of amides is 4. The topological polar surface area (TPSA) is 114 Å². The molecule has 0 aliphatic heterocycles. The molecule has 0 saturated carbocycles. The highest BCUT2D eigenvalue weighted by Crippen LogP contribution is 2.16. The molecule has 0 aliphatic carbocycles. The van der Waals surface area contributed by atoms with Crippen molar-refractivity contribution in [1.82, 2.24) is 15.5 Å². The van der Waals surface area contributed by atoms with Crippen LogP contribution in [0.2, 0.25) is 0 Å². The molecule has 0 aliphatic rings. The van der Waals surface area contributed by atoms with E-state index in [-0.39, 0.29) is 19.5 Å². The fourth-order valence-electron chi connectivity index (χ4n) is 4.91. The Kier molecular flexibility index (Phi) is 11.7. The normalized spacial score (nSPS) is 11.3. The lowest BCUT2D eigenvalue weighted by Crippen LogP contribution is -2.54. The second-order valence-electron chi connectivity index (χ2n) is 10.5. The number of urea groups is 1. The SMILES string of the molecule is CCOc1ccc(C[C@@H](NC(=O)c2ccccc2)C(=O)N(CCc2ccccc2)C(=O)NCc2ccc(CN)c(C)c2)cc1. The Morgan fingerprint density at radius 1 is 0.841 bits per heavy atom. The molecule has 0 bridgehead atoms. The maximum atomic E-state index is 14.2. The van der Waals surface area contributed by atoms with Gasteiger partial charge in [-0.25, -0.2) is 4.79 Å². The highest BCUT2D eigenvalue weighted by atomic mass is 16.5. The Morgan fingerprint density at radius 2 is 1.50 bits per heavy atom. The number of aryl methyl sites for hydroxylation is 1. The van der Waals surface area contributed by atoms with Crippen molar-refractivity contribution < 1.29 is 19.1 Å². The number of carbonyl (C=O) groups excluding carboxylic acids is 3. The molecule has 8 nitrogen and oxygen atoms in total. The Bertz CT molecular complexity index is 1530. The van der Waals surface area contributed by atoms with Crippen LogP contribution in [-0.4, -0.2) is 41.9 Å².